The second kappa shape index (κ2) is 30.1. The molecule has 1 N–H and O–H groups in total. The Bertz CT molecular complexity index is 670. The maximum atomic E-state index is 11.5. The summed E-state index contributed by atoms with van der Waals surface area (Å²) in [7, 11) is 0. The zero-order valence-corrected chi connectivity index (χ0v) is 23.7. The minimum Gasteiger partial charge on any atom is -0.457 e. The third-order valence-corrected chi connectivity index (χ3v) is 5.52. The molecule has 0 amide bonds. The number of hydrogen-bond acceptors (Lipinski definition) is 4. The van der Waals surface area contributed by atoms with Gasteiger partial charge in [0.05, 0.1) is 13.2 Å². The van der Waals surface area contributed by atoms with E-state index in [1.165, 1.54) is 19.3 Å². The van der Waals surface area contributed by atoms with Gasteiger partial charge in [-0.3, -0.25) is 4.79 Å². The fourth-order valence-electron chi connectivity index (χ4n) is 3.42. The van der Waals surface area contributed by atoms with Gasteiger partial charge in [0.15, 0.2) is 0 Å². The number of aliphatic hydroxyl groups excluding tert-OH is 1. The van der Waals surface area contributed by atoms with E-state index in [0.29, 0.717) is 13.0 Å². The summed E-state index contributed by atoms with van der Waals surface area (Å²) in [6.45, 7) is 4.81. The summed E-state index contributed by atoms with van der Waals surface area (Å²) in [5.74, 6) is -0.267. The van der Waals surface area contributed by atoms with E-state index in [2.05, 4.69) is 79.8 Å². The first-order valence-electron chi connectivity index (χ1n) is 14.5. The molecular weight excluding hydrogens is 460 g/mol. The van der Waals surface area contributed by atoms with Crippen LogP contribution in [0.1, 0.15) is 104 Å². The van der Waals surface area contributed by atoms with Crippen molar-refractivity contribution in [1.29, 1.82) is 0 Å². The molecule has 0 bridgehead atoms. The van der Waals surface area contributed by atoms with Gasteiger partial charge >= 0.3 is 5.97 Å². The smallest absolute Gasteiger partial charge is 0.306 e. The summed E-state index contributed by atoms with van der Waals surface area (Å²) in [5, 5.41) is 9.26. The van der Waals surface area contributed by atoms with E-state index < -0.39 is 6.10 Å². The van der Waals surface area contributed by atoms with E-state index in [0.717, 1.165) is 64.2 Å². The number of allylic oxidation sites excluding steroid dienone is 12. The molecule has 0 radical (unpaired) electrons. The van der Waals surface area contributed by atoms with E-state index in [-0.39, 0.29) is 19.2 Å². The normalized spacial score (nSPS) is 13.5. The van der Waals surface area contributed by atoms with Gasteiger partial charge in [0.25, 0.3) is 0 Å². The van der Waals surface area contributed by atoms with Gasteiger partial charge in [-0.2, -0.15) is 0 Å². The zero-order chi connectivity index (χ0) is 27.1. The molecule has 210 valence electrons. The van der Waals surface area contributed by atoms with Crippen LogP contribution in [-0.2, 0) is 14.3 Å². The lowest BCUT2D eigenvalue weighted by Gasteiger charge is -2.15. The molecule has 0 heterocycles. The highest BCUT2D eigenvalue weighted by Gasteiger charge is 2.12. The Morgan fingerprint density at radius 1 is 0.676 bits per heavy atom. The van der Waals surface area contributed by atoms with Crippen LogP contribution in [0.15, 0.2) is 72.9 Å². The van der Waals surface area contributed by atoms with E-state index in [1.54, 1.807) is 0 Å². The molecule has 0 aliphatic rings. The van der Waals surface area contributed by atoms with Crippen molar-refractivity contribution >= 4 is 5.97 Å². The van der Waals surface area contributed by atoms with Crippen LogP contribution in [0.25, 0.3) is 0 Å². The Hall–Kier alpha value is -2.17. The van der Waals surface area contributed by atoms with Crippen LogP contribution in [0.3, 0.4) is 0 Å². The second-order valence-corrected chi connectivity index (χ2v) is 9.09. The van der Waals surface area contributed by atoms with E-state index in [1.807, 2.05) is 6.92 Å². The van der Waals surface area contributed by atoms with Gasteiger partial charge in [-0.15, -0.1) is 0 Å². The topological polar surface area (TPSA) is 55.8 Å². The molecule has 0 rings (SSSR count). The van der Waals surface area contributed by atoms with Gasteiger partial charge < -0.3 is 14.6 Å². The molecule has 1 unspecified atom stereocenters. The summed E-state index contributed by atoms with van der Waals surface area (Å²) < 4.78 is 10.7. The number of esters is 1. The number of aliphatic hydroxyl groups is 1. The van der Waals surface area contributed by atoms with Crippen molar-refractivity contribution in [3.8, 4) is 0 Å². The Labute approximate surface area is 227 Å². The lowest BCUT2D eigenvalue weighted by atomic mass is 10.1. The van der Waals surface area contributed by atoms with Crippen LogP contribution in [0.2, 0.25) is 0 Å². The molecule has 0 spiro atoms. The van der Waals surface area contributed by atoms with Gasteiger partial charge in [-0.05, 0) is 64.2 Å². The fourth-order valence-corrected chi connectivity index (χ4v) is 3.42. The molecule has 4 nitrogen and oxygen atoms in total. The number of unbranched alkanes of at least 4 members (excludes halogenated alkanes) is 5. The highest BCUT2D eigenvalue weighted by molar-refractivity contribution is 5.69. The van der Waals surface area contributed by atoms with E-state index >= 15 is 0 Å². The van der Waals surface area contributed by atoms with Crippen molar-refractivity contribution in [2.24, 2.45) is 0 Å². The Balaban J connectivity index is 3.49. The van der Waals surface area contributed by atoms with Crippen LogP contribution in [-0.4, -0.2) is 37.0 Å². The summed E-state index contributed by atoms with van der Waals surface area (Å²) in [4.78, 5) is 11.5. The SMILES string of the molecule is CC/C=C\C/C=C\C/C=C\C/C=C\C/C=C\C/C=C\CCCCCCCOCC(CO)OC(=O)CCC. The van der Waals surface area contributed by atoms with Gasteiger partial charge in [-0.1, -0.05) is 106 Å². The van der Waals surface area contributed by atoms with Crippen LogP contribution in [0.4, 0.5) is 0 Å². The highest BCUT2D eigenvalue weighted by atomic mass is 16.6. The van der Waals surface area contributed by atoms with Crippen LogP contribution in [0.5, 0.6) is 0 Å². The first kappa shape index (κ1) is 34.8. The van der Waals surface area contributed by atoms with Crippen molar-refractivity contribution in [1.82, 2.24) is 0 Å². The minimum atomic E-state index is -0.541. The third kappa shape index (κ3) is 28.3. The number of carbonyl (C=O) groups excluding carboxylic acids is 1. The zero-order valence-electron chi connectivity index (χ0n) is 23.7. The summed E-state index contributed by atoms with van der Waals surface area (Å²) in [6, 6.07) is 0. The molecule has 0 saturated heterocycles. The molecular formula is C33H54O4. The molecule has 0 aromatic rings. The minimum absolute atomic E-state index is 0.190. The summed E-state index contributed by atoms with van der Waals surface area (Å²) in [6.07, 6.45) is 40.5. The van der Waals surface area contributed by atoms with Crippen LogP contribution in [0, 0.1) is 0 Å². The van der Waals surface area contributed by atoms with Crippen molar-refractivity contribution in [2.45, 2.75) is 110 Å². The molecule has 4 heteroatoms. The third-order valence-electron chi connectivity index (χ3n) is 5.52. The highest BCUT2D eigenvalue weighted by Crippen LogP contribution is 2.07. The lowest BCUT2D eigenvalue weighted by molar-refractivity contribution is -0.154. The van der Waals surface area contributed by atoms with Gasteiger partial charge in [0.2, 0.25) is 0 Å². The van der Waals surface area contributed by atoms with E-state index in [4.69, 9.17) is 9.47 Å². The summed E-state index contributed by atoms with van der Waals surface area (Å²) in [5.41, 5.74) is 0. The average molecular weight is 515 g/mol. The quantitative estimate of drug-likeness (QED) is 0.0751. The van der Waals surface area contributed by atoms with Gasteiger partial charge in [0, 0.05) is 13.0 Å². The predicted octanol–water partition coefficient (Wildman–Crippen LogP) is 8.75. The molecule has 0 aromatic heterocycles. The Morgan fingerprint density at radius 2 is 1.16 bits per heavy atom. The van der Waals surface area contributed by atoms with Crippen molar-refractivity contribution in [3.05, 3.63) is 72.9 Å². The molecule has 0 fully saturated rings. The van der Waals surface area contributed by atoms with E-state index in [9.17, 15) is 9.90 Å². The maximum absolute atomic E-state index is 11.5. The number of hydrogen-bond donors (Lipinski definition) is 1. The Morgan fingerprint density at radius 3 is 1.68 bits per heavy atom. The molecule has 0 aliphatic carbocycles. The number of carbonyl (C=O) groups is 1. The number of ether oxygens (including phenoxy) is 2. The standard InChI is InChI=1S/C33H54O4/c1-3-5-6-7-8-9-10-11-12-13-14-15-16-17-18-19-20-21-22-23-24-25-26-27-29-36-31-32(30-34)37-33(35)28-4-2/h5-6,8-9,11-12,14-15,17-18,20-21,32,34H,3-4,7,10,13,16,19,22-31H2,1-2H3/b6-5-,9-8-,12-11-,15-14-,18-17-,21-20-. The summed E-state index contributed by atoms with van der Waals surface area (Å²) >= 11 is 0. The first-order valence-corrected chi connectivity index (χ1v) is 14.5. The molecule has 37 heavy (non-hydrogen) atoms. The Kier molecular flexibility index (Phi) is 28.3. The number of rotatable bonds is 25. The predicted molar refractivity (Wildman–Crippen MR) is 159 cm³/mol. The van der Waals surface area contributed by atoms with Crippen LogP contribution >= 0.6 is 0 Å². The molecule has 1 atom stereocenters. The fraction of sp³-hybridized carbons (Fsp3) is 0.606. The molecule has 0 saturated carbocycles. The van der Waals surface area contributed by atoms with Gasteiger partial charge in [-0.25, -0.2) is 0 Å². The molecule has 0 aliphatic heterocycles. The largest absolute Gasteiger partial charge is 0.457 e. The molecule has 0 aromatic carbocycles. The maximum Gasteiger partial charge on any atom is 0.306 e. The second-order valence-electron chi connectivity index (χ2n) is 9.09. The van der Waals surface area contributed by atoms with Crippen molar-refractivity contribution in [3.63, 3.8) is 0 Å². The van der Waals surface area contributed by atoms with Crippen LogP contribution < -0.4 is 0 Å². The average Bonchev–Trinajstić information content (AvgIpc) is 2.90. The van der Waals surface area contributed by atoms with Crippen molar-refractivity contribution < 1.29 is 19.4 Å². The first-order chi connectivity index (χ1) is 18.2. The monoisotopic (exact) mass is 514 g/mol. The van der Waals surface area contributed by atoms with Gasteiger partial charge in [0.1, 0.15) is 6.10 Å². The van der Waals surface area contributed by atoms with Crippen molar-refractivity contribution in [2.75, 3.05) is 19.8 Å². The lowest BCUT2D eigenvalue weighted by Crippen LogP contribution is -2.27.